The molecule has 4 nitrogen and oxygen atoms in total. The number of rotatable bonds is 3. The Morgan fingerprint density at radius 3 is 2.74 bits per heavy atom. The van der Waals surface area contributed by atoms with Crippen molar-refractivity contribution in [2.75, 3.05) is 12.0 Å². The molecule has 0 spiro atoms. The third-order valence-electron chi connectivity index (χ3n) is 3.59. The summed E-state index contributed by atoms with van der Waals surface area (Å²) in [6.45, 7) is 3.06. The predicted octanol–water partition coefficient (Wildman–Crippen LogP) is 1.93. The van der Waals surface area contributed by atoms with Gasteiger partial charge in [-0.15, -0.1) is 0 Å². The van der Waals surface area contributed by atoms with Gasteiger partial charge >= 0.3 is 0 Å². The summed E-state index contributed by atoms with van der Waals surface area (Å²) in [7, 11) is 0. The van der Waals surface area contributed by atoms with Gasteiger partial charge in [-0.2, -0.15) is 0 Å². The Kier molecular flexibility index (Phi) is 3.44. The molecule has 1 aromatic carbocycles. The van der Waals surface area contributed by atoms with Crippen molar-refractivity contribution in [3.8, 4) is 0 Å². The van der Waals surface area contributed by atoms with Crippen LogP contribution in [0.1, 0.15) is 16.7 Å². The van der Waals surface area contributed by atoms with E-state index in [9.17, 15) is 0 Å². The standard InChI is InChI=1S/C15H18N4/c16-18-15-6-5-12(9-17-15)10-19-8-7-13-3-1-2-4-14(13)11-19/h1-6,9H,7-8,10-11,16H2,(H,17,18). The van der Waals surface area contributed by atoms with E-state index in [1.807, 2.05) is 12.3 Å². The van der Waals surface area contributed by atoms with Crippen molar-refractivity contribution in [3.63, 3.8) is 0 Å². The molecule has 19 heavy (non-hydrogen) atoms. The second-order valence-electron chi connectivity index (χ2n) is 4.93. The van der Waals surface area contributed by atoms with Gasteiger partial charge < -0.3 is 5.43 Å². The molecule has 1 aromatic heterocycles. The van der Waals surface area contributed by atoms with E-state index in [0.29, 0.717) is 5.82 Å². The van der Waals surface area contributed by atoms with Crippen molar-refractivity contribution < 1.29 is 0 Å². The molecule has 0 saturated heterocycles. The minimum atomic E-state index is 0.702. The number of hydrogen-bond acceptors (Lipinski definition) is 4. The summed E-state index contributed by atoms with van der Waals surface area (Å²) in [5.41, 5.74) is 6.70. The fraction of sp³-hybridized carbons (Fsp3) is 0.267. The molecule has 0 radical (unpaired) electrons. The Labute approximate surface area is 113 Å². The van der Waals surface area contributed by atoms with Gasteiger partial charge in [0.15, 0.2) is 0 Å². The van der Waals surface area contributed by atoms with Crippen molar-refractivity contribution in [1.82, 2.24) is 9.88 Å². The van der Waals surface area contributed by atoms with Gasteiger partial charge in [-0.05, 0) is 29.2 Å². The van der Waals surface area contributed by atoms with Crippen LogP contribution in [0.4, 0.5) is 5.82 Å². The first kappa shape index (κ1) is 12.1. The molecule has 1 aliphatic heterocycles. The van der Waals surface area contributed by atoms with Gasteiger partial charge in [-0.1, -0.05) is 30.3 Å². The van der Waals surface area contributed by atoms with Crippen LogP contribution in [-0.2, 0) is 19.5 Å². The van der Waals surface area contributed by atoms with Crippen molar-refractivity contribution in [2.24, 2.45) is 5.84 Å². The van der Waals surface area contributed by atoms with Crippen LogP contribution in [0.15, 0.2) is 42.6 Å². The molecule has 0 aliphatic carbocycles. The molecular weight excluding hydrogens is 236 g/mol. The minimum absolute atomic E-state index is 0.702. The average molecular weight is 254 g/mol. The lowest BCUT2D eigenvalue weighted by Gasteiger charge is -2.28. The third kappa shape index (κ3) is 2.75. The number of benzene rings is 1. The van der Waals surface area contributed by atoms with Gasteiger partial charge in [-0.25, -0.2) is 10.8 Å². The lowest BCUT2D eigenvalue weighted by Crippen LogP contribution is -2.30. The minimum Gasteiger partial charge on any atom is -0.308 e. The van der Waals surface area contributed by atoms with Gasteiger partial charge in [-0.3, -0.25) is 4.90 Å². The first-order chi connectivity index (χ1) is 9.35. The second kappa shape index (κ2) is 5.38. The molecule has 0 bridgehead atoms. The molecule has 0 atom stereocenters. The van der Waals surface area contributed by atoms with Gasteiger partial charge in [0.25, 0.3) is 0 Å². The van der Waals surface area contributed by atoms with Gasteiger partial charge in [0, 0.05) is 25.8 Å². The van der Waals surface area contributed by atoms with Gasteiger partial charge in [0.05, 0.1) is 0 Å². The molecule has 0 fully saturated rings. The van der Waals surface area contributed by atoms with E-state index in [-0.39, 0.29) is 0 Å². The number of hydrazine groups is 1. The first-order valence-corrected chi connectivity index (χ1v) is 6.56. The Bertz CT molecular complexity index is 550. The van der Waals surface area contributed by atoms with Crippen LogP contribution in [0.3, 0.4) is 0 Å². The third-order valence-corrected chi connectivity index (χ3v) is 3.59. The summed E-state index contributed by atoms with van der Waals surface area (Å²) < 4.78 is 0. The summed E-state index contributed by atoms with van der Waals surface area (Å²) in [6.07, 6.45) is 3.02. The van der Waals surface area contributed by atoms with Crippen molar-refractivity contribution in [2.45, 2.75) is 19.5 Å². The summed E-state index contributed by atoms with van der Waals surface area (Å²) >= 11 is 0. The highest BCUT2D eigenvalue weighted by Crippen LogP contribution is 2.20. The van der Waals surface area contributed by atoms with Crippen LogP contribution in [-0.4, -0.2) is 16.4 Å². The fourth-order valence-electron chi connectivity index (χ4n) is 2.55. The highest BCUT2D eigenvalue weighted by molar-refractivity contribution is 5.34. The zero-order valence-corrected chi connectivity index (χ0v) is 10.8. The monoisotopic (exact) mass is 254 g/mol. The number of nitrogens with one attached hydrogen (secondary N) is 1. The predicted molar refractivity (Wildman–Crippen MR) is 76.3 cm³/mol. The van der Waals surface area contributed by atoms with Crippen LogP contribution >= 0.6 is 0 Å². The van der Waals surface area contributed by atoms with Crippen LogP contribution in [0, 0.1) is 0 Å². The molecule has 2 aromatic rings. The van der Waals surface area contributed by atoms with Crippen molar-refractivity contribution in [1.29, 1.82) is 0 Å². The molecule has 0 amide bonds. The Hall–Kier alpha value is -1.91. The molecular formula is C15H18N4. The van der Waals surface area contributed by atoms with E-state index in [1.165, 1.54) is 16.7 Å². The Balaban J connectivity index is 1.68. The Morgan fingerprint density at radius 2 is 2.00 bits per heavy atom. The number of nitrogens with two attached hydrogens (primary N) is 1. The number of aromatic nitrogens is 1. The van der Waals surface area contributed by atoms with E-state index in [0.717, 1.165) is 26.1 Å². The topological polar surface area (TPSA) is 54.2 Å². The van der Waals surface area contributed by atoms with Crippen LogP contribution in [0.5, 0.6) is 0 Å². The van der Waals surface area contributed by atoms with Crippen molar-refractivity contribution in [3.05, 3.63) is 59.3 Å². The molecule has 98 valence electrons. The number of hydrogen-bond donors (Lipinski definition) is 2. The number of anilines is 1. The number of nitrogens with zero attached hydrogens (tertiary/aromatic N) is 2. The largest absolute Gasteiger partial charge is 0.308 e. The summed E-state index contributed by atoms with van der Waals surface area (Å²) in [6, 6.07) is 12.7. The lowest BCUT2D eigenvalue weighted by molar-refractivity contribution is 0.245. The zero-order chi connectivity index (χ0) is 13.1. The molecule has 0 unspecified atom stereocenters. The molecule has 1 aliphatic rings. The maximum absolute atomic E-state index is 5.31. The normalized spacial score (nSPS) is 15.0. The average Bonchev–Trinajstić information content (AvgIpc) is 2.48. The molecule has 3 N–H and O–H groups in total. The van der Waals surface area contributed by atoms with E-state index in [1.54, 1.807) is 0 Å². The summed E-state index contributed by atoms with van der Waals surface area (Å²) in [5.74, 6) is 6.02. The van der Waals surface area contributed by atoms with E-state index >= 15 is 0 Å². The second-order valence-corrected chi connectivity index (χ2v) is 4.93. The summed E-state index contributed by atoms with van der Waals surface area (Å²) in [4.78, 5) is 6.70. The maximum atomic E-state index is 5.31. The molecule has 3 rings (SSSR count). The number of pyridine rings is 1. The van der Waals surface area contributed by atoms with Crippen LogP contribution in [0.25, 0.3) is 0 Å². The SMILES string of the molecule is NNc1ccc(CN2CCc3ccccc3C2)cn1. The highest BCUT2D eigenvalue weighted by atomic mass is 15.2. The number of nitrogen functional groups attached to an aromatic ring is 1. The van der Waals surface area contributed by atoms with E-state index in [2.05, 4.69) is 45.6 Å². The van der Waals surface area contributed by atoms with Gasteiger partial charge in [0.1, 0.15) is 5.82 Å². The van der Waals surface area contributed by atoms with Crippen molar-refractivity contribution >= 4 is 5.82 Å². The smallest absolute Gasteiger partial charge is 0.139 e. The molecule has 0 saturated carbocycles. The lowest BCUT2D eigenvalue weighted by atomic mass is 10.00. The highest BCUT2D eigenvalue weighted by Gasteiger charge is 2.15. The zero-order valence-electron chi connectivity index (χ0n) is 10.8. The van der Waals surface area contributed by atoms with E-state index < -0.39 is 0 Å². The Morgan fingerprint density at radius 1 is 1.16 bits per heavy atom. The van der Waals surface area contributed by atoms with Gasteiger partial charge in [0.2, 0.25) is 0 Å². The van der Waals surface area contributed by atoms with Crippen LogP contribution in [0.2, 0.25) is 0 Å². The fourth-order valence-corrected chi connectivity index (χ4v) is 2.55. The summed E-state index contributed by atoms with van der Waals surface area (Å²) in [5, 5.41) is 0. The maximum Gasteiger partial charge on any atom is 0.139 e. The quantitative estimate of drug-likeness (QED) is 0.649. The molecule has 4 heteroatoms. The van der Waals surface area contributed by atoms with Crippen LogP contribution < -0.4 is 11.3 Å². The first-order valence-electron chi connectivity index (χ1n) is 6.56. The molecule has 2 heterocycles. The number of fused-ring (bicyclic) bond motifs is 1. The van der Waals surface area contributed by atoms with E-state index in [4.69, 9.17) is 5.84 Å².